The number of para-hydroxylation sites is 1. The number of benzene rings is 1. The fraction of sp³-hybridized carbons (Fsp3) is 0.562. The topological polar surface area (TPSA) is 45.7 Å². The van der Waals surface area contributed by atoms with Crippen molar-refractivity contribution in [2.75, 3.05) is 13.2 Å². The quantitative estimate of drug-likeness (QED) is 0.448. The molecule has 0 spiro atoms. The molecule has 0 saturated heterocycles. The van der Waals surface area contributed by atoms with Gasteiger partial charge in [0.15, 0.2) is 5.96 Å². The van der Waals surface area contributed by atoms with Crippen LogP contribution in [0, 0.1) is 0 Å². The number of hydrogen-bond acceptors (Lipinski definition) is 2. The Balaban J connectivity index is 0.00000400. The standard InChI is InChI=1S/C16H27N3O.HI/c1-6-17-15(19-16(3,4)5)18-12-13-10-8-9-11-14(13)20-7-2;/h8-11H,6-7,12H2,1-5H3,(H2,17,18,19);1H. The van der Waals surface area contributed by atoms with Crippen molar-refractivity contribution in [1.29, 1.82) is 0 Å². The third-order valence-electron chi connectivity index (χ3n) is 2.52. The lowest BCUT2D eigenvalue weighted by Crippen LogP contribution is -2.47. The summed E-state index contributed by atoms with van der Waals surface area (Å²) < 4.78 is 5.62. The van der Waals surface area contributed by atoms with Crippen LogP contribution in [-0.4, -0.2) is 24.7 Å². The Hall–Kier alpha value is -0.980. The van der Waals surface area contributed by atoms with Gasteiger partial charge in [0, 0.05) is 17.6 Å². The highest BCUT2D eigenvalue weighted by Gasteiger charge is 2.11. The van der Waals surface area contributed by atoms with E-state index in [1.807, 2.05) is 25.1 Å². The van der Waals surface area contributed by atoms with E-state index in [0.717, 1.165) is 23.8 Å². The van der Waals surface area contributed by atoms with Gasteiger partial charge in [0.05, 0.1) is 13.2 Å². The van der Waals surface area contributed by atoms with Gasteiger partial charge < -0.3 is 15.4 Å². The van der Waals surface area contributed by atoms with E-state index in [1.54, 1.807) is 0 Å². The maximum absolute atomic E-state index is 5.62. The fourth-order valence-electron chi connectivity index (χ4n) is 1.76. The highest BCUT2D eigenvalue weighted by Crippen LogP contribution is 2.18. The molecule has 0 atom stereocenters. The van der Waals surface area contributed by atoms with E-state index in [1.165, 1.54) is 0 Å². The first-order valence-electron chi connectivity index (χ1n) is 7.23. The van der Waals surface area contributed by atoms with E-state index in [-0.39, 0.29) is 29.5 Å². The number of hydrogen-bond donors (Lipinski definition) is 2. The largest absolute Gasteiger partial charge is 0.494 e. The Bertz CT molecular complexity index is 441. The van der Waals surface area contributed by atoms with Crippen LogP contribution in [0.5, 0.6) is 5.75 Å². The summed E-state index contributed by atoms with van der Waals surface area (Å²) in [6, 6.07) is 8.03. The van der Waals surface area contributed by atoms with Crippen LogP contribution in [0.3, 0.4) is 0 Å². The molecule has 0 amide bonds. The molecule has 0 aromatic heterocycles. The van der Waals surface area contributed by atoms with Gasteiger partial charge in [0.2, 0.25) is 0 Å². The highest BCUT2D eigenvalue weighted by molar-refractivity contribution is 14.0. The molecule has 4 nitrogen and oxygen atoms in total. The molecule has 0 saturated carbocycles. The van der Waals surface area contributed by atoms with Gasteiger partial charge in [0.1, 0.15) is 5.75 Å². The number of nitrogens with one attached hydrogen (secondary N) is 2. The van der Waals surface area contributed by atoms with Gasteiger partial charge in [-0.2, -0.15) is 0 Å². The molecule has 0 unspecified atom stereocenters. The molecule has 120 valence electrons. The lowest BCUT2D eigenvalue weighted by molar-refractivity contribution is 0.336. The molecule has 0 aliphatic heterocycles. The second kappa shape index (κ2) is 9.87. The van der Waals surface area contributed by atoms with Crippen molar-refractivity contribution in [2.45, 2.75) is 46.7 Å². The first-order valence-corrected chi connectivity index (χ1v) is 7.23. The molecular formula is C16H28IN3O. The molecular weight excluding hydrogens is 377 g/mol. The van der Waals surface area contributed by atoms with E-state index in [9.17, 15) is 0 Å². The Morgan fingerprint density at radius 1 is 1.19 bits per heavy atom. The second-order valence-corrected chi connectivity index (χ2v) is 5.61. The summed E-state index contributed by atoms with van der Waals surface area (Å²) in [6.07, 6.45) is 0. The molecule has 1 aromatic carbocycles. The average Bonchev–Trinajstić information content (AvgIpc) is 2.36. The predicted molar refractivity (Wildman–Crippen MR) is 101 cm³/mol. The normalized spacial score (nSPS) is 11.6. The monoisotopic (exact) mass is 405 g/mol. The molecule has 21 heavy (non-hydrogen) atoms. The van der Waals surface area contributed by atoms with Crippen LogP contribution in [-0.2, 0) is 6.54 Å². The smallest absolute Gasteiger partial charge is 0.191 e. The zero-order valence-electron chi connectivity index (χ0n) is 13.7. The summed E-state index contributed by atoms with van der Waals surface area (Å²) in [6.45, 7) is 12.5. The maximum atomic E-state index is 5.62. The van der Waals surface area contributed by atoms with Crippen LogP contribution < -0.4 is 15.4 Å². The second-order valence-electron chi connectivity index (χ2n) is 5.61. The molecule has 1 aromatic rings. The molecule has 1 rings (SSSR count). The SMILES string of the molecule is CCNC(=NCc1ccccc1OCC)NC(C)(C)C.I. The van der Waals surface area contributed by atoms with E-state index < -0.39 is 0 Å². The van der Waals surface area contributed by atoms with Crippen LogP contribution in [0.4, 0.5) is 0 Å². The van der Waals surface area contributed by atoms with Crippen LogP contribution in [0.2, 0.25) is 0 Å². The summed E-state index contributed by atoms with van der Waals surface area (Å²) in [4.78, 5) is 4.63. The summed E-state index contributed by atoms with van der Waals surface area (Å²) in [5, 5.41) is 6.64. The summed E-state index contributed by atoms with van der Waals surface area (Å²) in [7, 11) is 0. The first-order chi connectivity index (χ1) is 9.46. The van der Waals surface area contributed by atoms with Crippen molar-refractivity contribution in [3.05, 3.63) is 29.8 Å². The van der Waals surface area contributed by atoms with Crippen molar-refractivity contribution in [3.8, 4) is 5.75 Å². The van der Waals surface area contributed by atoms with E-state index in [2.05, 4.69) is 49.4 Å². The summed E-state index contributed by atoms with van der Waals surface area (Å²) in [5.74, 6) is 1.73. The van der Waals surface area contributed by atoms with Gasteiger partial charge in [-0.3, -0.25) is 0 Å². The molecule has 0 radical (unpaired) electrons. The third kappa shape index (κ3) is 8.14. The summed E-state index contributed by atoms with van der Waals surface area (Å²) >= 11 is 0. The minimum Gasteiger partial charge on any atom is -0.494 e. The van der Waals surface area contributed by atoms with Crippen molar-refractivity contribution in [1.82, 2.24) is 10.6 Å². The Kier molecular flexibility index (Phi) is 9.41. The van der Waals surface area contributed by atoms with Crippen LogP contribution in [0.1, 0.15) is 40.2 Å². The van der Waals surface area contributed by atoms with Crippen LogP contribution >= 0.6 is 24.0 Å². The molecule has 0 bridgehead atoms. The number of nitrogens with zero attached hydrogens (tertiary/aromatic N) is 1. The number of aliphatic imine (C=N–C) groups is 1. The zero-order valence-corrected chi connectivity index (χ0v) is 16.0. The number of halogens is 1. The first kappa shape index (κ1) is 20.0. The van der Waals surface area contributed by atoms with E-state index >= 15 is 0 Å². The van der Waals surface area contributed by atoms with Gasteiger partial charge in [0.25, 0.3) is 0 Å². The average molecular weight is 405 g/mol. The lowest BCUT2D eigenvalue weighted by Gasteiger charge is -2.23. The van der Waals surface area contributed by atoms with Gasteiger partial charge in [-0.15, -0.1) is 24.0 Å². The molecule has 2 N–H and O–H groups in total. The van der Waals surface area contributed by atoms with Gasteiger partial charge in [-0.1, -0.05) is 18.2 Å². The van der Waals surface area contributed by atoms with Gasteiger partial charge in [-0.05, 0) is 40.7 Å². The molecule has 5 heteroatoms. The Morgan fingerprint density at radius 2 is 1.86 bits per heavy atom. The van der Waals surface area contributed by atoms with E-state index in [4.69, 9.17) is 4.74 Å². The van der Waals surface area contributed by atoms with Crippen molar-refractivity contribution in [3.63, 3.8) is 0 Å². The van der Waals surface area contributed by atoms with E-state index in [0.29, 0.717) is 13.2 Å². The minimum atomic E-state index is -0.0135. The van der Waals surface area contributed by atoms with Gasteiger partial charge in [-0.25, -0.2) is 4.99 Å². The van der Waals surface area contributed by atoms with Gasteiger partial charge >= 0.3 is 0 Å². The Morgan fingerprint density at radius 3 is 2.43 bits per heavy atom. The van der Waals surface area contributed by atoms with Crippen molar-refractivity contribution < 1.29 is 4.74 Å². The Labute approximate surface area is 145 Å². The molecule has 0 aliphatic carbocycles. The molecule has 0 fully saturated rings. The van der Waals surface area contributed by atoms with Crippen LogP contribution in [0.15, 0.2) is 29.3 Å². The maximum Gasteiger partial charge on any atom is 0.191 e. The zero-order chi connectivity index (χ0) is 15.0. The predicted octanol–water partition coefficient (Wildman–Crippen LogP) is 3.56. The fourth-order valence-corrected chi connectivity index (χ4v) is 1.76. The van der Waals surface area contributed by atoms with Crippen LogP contribution in [0.25, 0.3) is 0 Å². The van der Waals surface area contributed by atoms with Crippen molar-refractivity contribution >= 4 is 29.9 Å². The summed E-state index contributed by atoms with van der Waals surface area (Å²) in [5.41, 5.74) is 1.08. The number of rotatable bonds is 5. The van der Waals surface area contributed by atoms with Crippen molar-refractivity contribution in [2.24, 2.45) is 4.99 Å². The third-order valence-corrected chi connectivity index (χ3v) is 2.52. The highest BCUT2D eigenvalue weighted by atomic mass is 127. The lowest BCUT2D eigenvalue weighted by atomic mass is 10.1. The minimum absolute atomic E-state index is 0. The number of ether oxygens (including phenoxy) is 1. The molecule has 0 aliphatic rings. The molecule has 0 heterocycles. The number of guanidine groups is 1.